The lowest BCUT2D eigenvalue weighted by atomic mass is 9.85. The monoisotopic (exact) mass is 246 g/mol. The molecule has 0 aliphatic heterocycles. The van der Waals surface area contributed by atoms with E-state index in [0.29, 0.717) is 5.41 Å². The van der Waals surface area contributed by atoms with E-state index in [-0.39, 0.29) is 0 Å². The summed E-state index contributed by atoms with van der Waals surface area (Å²) in [5.41, 5.74) is 3.28. The summed E-state index contributed by atoms with van der Waals surface area (Å²) < 4.78 is 0. The molecule has 3 atom stereocenters. The first kappa shape index (κ1) is 11.3. The van der Waals surface area contributed by atoms with Crippen molar-refractivity contribution in [2.45, 2.75) is 27.2 Å². The summed E-state index contributed by atoms with van der Waals surface area (Å²) >= 11 is 6.04. The van der Waals surface area contributed by atoms with Gasteiger partial charge in [0.25, 0.3) is 0 Å². The molecule has 0 radical (unpaired) electrons. The second-order valence-electron chi connectivity index (χ2n) is 6.54. The zero-order chi connectivity index (χ0) is 12.2. The summed E-state index contributed by atoms with van der Waals surface area (Å²) in [6, 6.07) is 8.25. The Bertz CT molecular complexity index is 479. The Morgan fingerprint density at radius 1 is 1.24 bits per heavy atom. The Balaban J connectivity index is 1.81. The smallest absolute Gasteiger partial charge is 0.0412 e. The number of hydrogen-bond acceptors (Lipinski definition) is 0. The van der Waals surface area contributed by atoms with Crippen LogP contribution in [0.2, 0.25) is 5.02 Å². The molecule has 90 valence electrons. The molecule has 0 N–H and O–H groups in total. The predicted octanol–water partition coefficient (Wildman–Crippen LogP) is 5.04. The van der Waals surface area contributed by atoms with Crippen molar-refractivity contribution < 1.29 is 0 Å². The Labute approximate surface area is 109 Å². The van der Waals surface area contributed by atoms with Gasteiger partial charge in [-0.15, -0.1) is 0 Å². The molecular weight excluding hydrogens is 228 g/mol. The Morgan fingerprint density at radius 2 is 2.00 bits per heavy atom. The third-order valence-corrected chi connectivity index (χ3v) is 4.51. The van der Waals surface area contributed by atoms with Gasteiger partial charge >= 0.3 is 0 Å². The summed E-state index contributed by atoms with van der Waals surface area (Å²) in [7, 11) is 0. The lowest BCUT2D eigenvalue weighted by Gasteiger charge is -2.20. The Hall–Kier alpha value is -0.750. The number of rotatable bonds is 1. The molecule has 1 saturated carbocycles. The summed E-state index contributed by atoms with van der Waals surface area (Å²) in [5.74, 6) is 2.61. The van der Waals surface area contributed by atoms with Crippen molar-refractivity contribution in [3.8, 4) is 0 Å². The topological polar surface area (TPSA) is 0 Å². The highest BCUT2D eigenvalue weighted by Gasteiger charge is 2.56. The maximum Gasteiger partial charge on any atom is 0.0412 e. The summed E-state index contributed by atoms with van der Waals surface area (Å²) in [6.45, 7) is 7.09. The van der Waals surface area contributed by atoms with Gasteiger partial charge in [-0.3, -0.25) is 0 Å². The molecule has 17 heavy (non-hydrogen) atoms. The van der Waals surface area contributed by atoms with Gasteiger partial charge < -0.3 is 0 Å². The molecule has 0 aromatic heterocycles. The van der Waals surface area contributed by atoms with Crippen molar-refractivity contribution in [1.82, 2.24) is 0 Å². The van der Waals surface area contributed by atoms with Crippen molar-refractivity contribution in [3.63, 3.8) is 0 Å². The molecule has 1 aromatic rings. The fourth-order valence-corrected chi connectivity index (χ4v) is 3.76. The van der Waals surface area contributed by atoms with Crippen molar-refractivity contribution >= 4 is 17.2 Å². The van der Waals surface area contributed by atoms with Gasteiger partial charge in [-0.1, -0.05) is 50.6 Å². The average molecular weight is 247 g/mol. The molecule has 2 aliphatic rings. The fourth-order valence-electron chi connectivity index (χ4n) is 3.57. The highest BCUT2D eigenvalue weighted by Crippen LogP contribution is 2.64. The normalized spacial score (nSPS) is 31.1. The van der Waals surface area contributed by atoms with Gasteiger partial charge in [0.1, 0.15) is 0 Å². The summed E-state index contributed by atoms with van der Waals surface area (Å²) in [5, 5.41) is 0.844. The van der Waals surface area contributed by atoms with Crippen molar-refractivity contribution in [3.05, 3.63) is 40.9 Å². The van der Waals surface area contributed by atoms with Gasteiger partial charge in [-0.25, -0.2) is 0 Å². The van der Waals surface area contributed by atoms with Crippen LogP contribution in [0.5, 0.6) is 0 Å². The lowest BCUT2D eigenvalue weighted by molar-refractivity contribution is 0.322. The third kappa shape index (κ3) is 1.93. The molecule has 0 heterocycles. The molecule has 2 aliphatic carbocycles. The number of hydrogen-bond donors (Lipinski definition) is 0. The summed E-state index contributed by atoms with van der Waals surface area (Å²) in [4.78, 5) is 0. The maximum atomic E-state index is 6.04. The van der Waals surface area contributed by atoms with E-state index in [9.17, 15) is 0 Å². The molecule has 0 nitrogen and oxygen atoms in total. The largest absolute Gasteiger partial charge is 0.0843 e. The van der Waals surface area contributed by atoms with Gasteiger partial charge in [0.05, 0.1) is 0 Å². The number of benzene rings is 1. The Kier molecular flexibility index (Phi) is 2.42. The molecule has 3 rings (SSSR count). The van der Waals surface area contributed by atoms with E-state index in [1.54, 1.807) is 0 Å². The fraction of sp³-hybridized carbons (Fsp3) is 0.500. The molecule has 3 unspecified atom stereocenters. The Morgan fingerprint density at radius 3 is 2.53 bits per heavy atom. The summed E-state index contributed by atoms with van der Waals surface area (Å²) in [6.07, 6.45) is 3.74. The van der Waals surface area contributed by atoms with Crippen LogP contribution < -0.4 is 0 Å². The van der Waals surface area contributed by atoms with Crippen LogP contribution in [0.25, 0.3) is 5.57 Å². The highest BCUT2D eigenvalue weighted by molar-refractivity contribution is 6.30. The van der Waals surface area contributed by atoms with Crippen molar-refractivity contribution in [1.29, 1.82) is 0 Å². The first-order valence-electron chi connectivity index (χ1n) is 6.43. The van der Waals surface area contributed by atoms with Crippen LogP contribution in [-0.4, -0.2) is 0 Å². The highest BCUT2D eigenvalue weighted by atomic mass is 35.5. The van der Waals surface area contributed by atoms with Crippen LogP contribution in [0, 0.1) is 23.2 Å². The van der Waals surface area contributed by atoms with Gasteiger partial charge in [0.15, 0.2) is 0 Å². The van der Waals surface area contributed by atoms with Gasteiger partial charge in [-0.05, 0) is 52.9 Å². The van der Waals surface area contributed by atoms with Gasteiger partial charge in [-0.2, -0.15) is 0 Å². The molecular formula is C16H19Cl. The van der Waals surface area contributed by atoms with Crippen molar-refractivity contribution in [2.75, 3.05) is 0 Å². The van der Waals surface area contributed by atoms with Gasteiger partial charge in [0.2, 0.25) is 0 Å². The molecule has 0 bridgehead atoms. The van der Waals surface area contributed by atoms with Crippen LogP contribution in [0.1, 0.15) is 32.8 Å². The van der Waals surface area contributed by atoms with E-state index in [4.69, 9.17) is 11.6 Å². The van der Waals surface area contributed by atoms with E-state index in [1.807, 2.05) is 12.1 Å². The molecule has 1 fully saturated rings. The standard InChI is InChI=1S/C16H19Cl/c1-16(2,3)15-13-8-11(9-14(13)15)10-5-4-6-12(17)7-10/h4-8,13-15H,9H2,1-3H3. The van der Waals surface area contributed by atoms with Crippen LogP contribution in [0.4, 0.5) is 0 Å². The third-order valence-electron chi connectivity index (χ3n) is 4.27. The van der Waals surface area contributed by atoms with E-state index >= 15 is 0 Å². The van der Waals surface area contributed by atoms with Crippen LogP contribution in [0.3, 0.4) is 0 Å². The van der Waals surface area contributed by atoms with E-state index in [0.717, 1.165) is 22.8 Å². The second-order valence-corrected chi connectivity index (χ2v) is 6.98. The van der Waals surface area contributed by atoms with Crippen LogP contribution in [0.15, 0.2) is 30.3 Å². The minimum absolute atomic E-state index is 0.464. The maximum absolute atomic E-state index is 6.04. The number of allylic oxidation sites excluding steroid dienone is 2. The molecule has 1 heteroatoms. The second kappa shape index (κ2) is 3.62. The van der Waals surface area contributed by atoms with E-state index in [1.165, 1.54) is 17.6 Å². The van der Waals surface area contributed by atoms with E-state index in [2.05, 4.69) is 39.0 Å². The van der Waals surface area contributed by atoms with Crippen molar-refractivity contribution in [2.24, 2.45) is 23.2 Å². The number of halogens is 1. The molecule has 0 spiro atoms. The van der Waals surface area contributed by atoms with Crippen LogP contribution >= 0.6 is 11.6 Å². The quantitative estimate of drug-likeness (QED) is 0.652. The first-order chi connectivity index (χ1) is 7.97. The van der Waals surface area contributed by atoms with Crippen LogP contribution in [-0.2, 0) is 0 Å². The molecule has 0 amide bonds. The SMILES string of the molecule is CC(C)(C)C1C2C=C(c3cccc(Cl)c3)CC21. The van der Waals surface area contributed by atoms with Gasteiger partial charge in [0, 0.05) is 5.02 Å². The first-order valence-corrected chi connectivity index (χ1v) is 6.81. The lowest BCUT2D eigenvalue weighted by Crippen LogP contribution is -2.11. The predicted molar refractivity (Wildman–Crippen MR) is 74.0 cm³/mol. The minimum atomic E-state index is 0.464. The van der Waals surface area contributed by atoms with E-state index < -0.39 is 0 Å². The number of fused-ring (bicyclic) bond motifs is 1. The zero-order valence-electron chi connectivity index (χ0n) is 10.7. The molecule has 1 aromatic carbocycles. The molecule has 0 saturated heterocycles. The zero-order valence-corrected chi connectivity index (χ0v) is 11.5. The minimum Gasteiger partial charge on any atom is -0.0843 e. The average Bonchev–Trinajstić information content (AvgIpc) is 2.77.